The molecule has 0 fully saturated rings. The third-order valence-corrected chi connectivity index (χ3v) is 5.88. The highest BCUT2D eigenvalue weighted by Gasteiger charge is 2.17. The van der Waals surface area contributed by atoms with Gasteiger partial charge in [-0.2, -0.15) is 0 Å². The van der Waals surface area contributed by atoms with Crippen LogP contribution in [0.25, 0.3) is 0 Å². The van der Waals surface area contributed by atoms with Crippen LogP contribution in [0, 0.1) is 6.92 Å². The fraction of sp³-hybridized carbons (Fsp3) is 0.312. The van der Waals surface area contributed by atoms with E-state index in [0.29, 0.717) is 10.6 Å². The normalized spacial score (nSPS) is 12.8. The molecule has 0 radical (unpaired) electrons. The first-order valence-corrected chi connectivity index (χ1v) is 9.66. The number of aryl methyl sites for hydroxylation is 1. The molecule has 1 aromatic heterocycles. The molecule has 0 aliphatic rings. The fourth-order valence-electron chi connectivity index (χ4n) is 2.13. The van der Waals surface area contributed by atoms with Crippen LogP contribution in [-0.2, 0) is 14.8 Å². The first-order valence-electron chi connectivity index (χ1n) is 7.30. The van der Waals surface area contributed by atoms with E-state index in [1.54, 1.807) is 19.1 Å². The summed E-state index contributed by atoms with van der Waals surface area (Å²) in [5.41, 5.74) is 1.45. The standard InChI is InChI=1S/C16H20N2O4S2/c1-11-8-9-23-15(11)16(19)17-13-4-6-14(7-5-13)24(20,21)18-12(2)10-22-3/h4-9,12,18H,10H2,1-3H3,(H,17,19). The van der Waals surface area contributed by atoms with Gasteiger partial charge in [-0.1, -0.05) is 0 Å². The van der Waals surface area contributed by atoms with Crippen LogP contribution in [0.4, 0.5) is 5.69 Å². The van der Waals surface area contributed by atoms with E-state index in [0.717, 1.165) is 5.56 Å². The predicted octanol–water partition coefficient (Wildman–Crippen LogP) is 2.62. The molecule has 8 heteroatoms. The highest BCUT2D eigenvalue weighted by molar-refractivity contribution is 7.89. The molecule has 0 aliphatic carbocycles. The number of amides is 1. The molecule has 1 aromatic carbocycles. The van der Waals surface area contributed by atoms with Crippen molar-refractivity contribution in [2.24, 2.45) is 0 Å². The molecular formula is C16H20N2O4S2. The van der Waals surface area contributed by atoms with Gasteiger partial charge in [0.15, 0.2) is 0 Å². The third-order valence-electron chi connectivity index (χ3n) is 3.26. The highest BCUT2D eigenvalue weighted by atomic mass is 32.2. The van der Waals surface area contributed by atoms with Gasteiger partial charge in [0.2, 0.25) is 10.0 Å². The number of methoxy groups -OCH3 is 1. The topological polar surface area (TPSA) is 84.5 Å². The molecule has 1 heterocycles. The van der Waals surface area contributed by atoms with Gasteiger partial charge in [0.25, 0.3) is 5.91 Å². The van der Waals surface area contributed by atoms with E-state index in [4.69, 9.17) is 4.74 Å². The molecule has 1 amide bonds. The van der Waals surface area contributed by atoms with Gasteiger partial charge < -0.3 is 10.1 Å². The van der Waals surface area contributed by atoms with Crippen molar-refractivity contribution in [3.63, 3.8) is 0 Å². The minimum atomic E-state index is -3.62. The van der Waals surface area contributed by atoms with Gasteiger partial charge in [0.1, 0.15) is 0 Å². The van der Waals surface area contributed by atoms with Crippen LogP contribution in [-0.4, -0.2) is 34.1 Å². The van der Waals surface area contributed by atoms with E-state index in [9.17, 15) is 13.2 Å². The molecule has 0 saturated carbocycles. The Morgan fingerprint density at radius 3 is 2.46 bits per heavy atom. The number of nitrogens with one attached hydrogen (secondary N) is 2. The average Bonchev–Trinajstić information content (AvgIpc) is 2.93. The lowest BCUT2D eigenvalue weighted by molar-refractivity contribution is 0.103. The molecule has 1 atom stereocenters. The first-order chi connectivity index (χ1) is 11.3. The lowest BCUT2D eigenvalue weighted by atomic mass is 10.2. The average molecular weight is 368 g/mol. The van der Waals surface area contributed by atoms with Crippen LogP contribution in [0.3, 0.4) is 0 Å². The summed E-state index contributed by atoms with van der Waals surface area (Å²) in [5.74, 6) is -0.204. The molecule has 6 nitrogen and oxygen atoms in total. The maximum atomic E-state index is 12.2. The van der Waals surface area contributed by atoms with Gasteiger partial charge in [0, 0.05) is 18.8 Å². The number of rotatable bonds is 7. The number of benzene rings is 1. The van der Waals surface area contributed by atoms with E-state index in [2.05, 4.69) is 10.0 Å². The molecule has 2 rings (SSSR count). The van der Waals surface area contributed by atoms with Gasteiger partial charge in [-0.25, -0.2) is 13.1 Å². The van der Waals surface area contributed by atoms with Crippen molar-refractivity contribution in [2.45, 2.75) is 24.8 Å². The van der Waals surface area contributed by atoms with Crippen molar-refractivity contribution in [3.8, 4) is 0 Å². The second kappa shape index (κ2) is 7.89. The lowest BCUT2D eigenvalue weighted by Gasteiger charge is -2.13. The number of thiophene rings is 1. The number of anilines is 1. The zero-order valence-electron chi connectivity index (χ0n) is 13.7. The van der Waals surface area contributed by atoms with Crippen LogP contribution in [0.15, 0.2) is 40.6 Å². The Bertz CT molecular complexity index is 798. The van der Waals surface area contributed by atoms with Crippen LogP contribution in [0.1, 0.15) is 22.2 Å². The smallest absolute Gasteiger partial charge is 0.265 e. The van der Waals surface area contributed by atoms with Crippen molar-refractivity contribution in [1.29, 1.82) is 0 Å². The molecule has 0 aliphatic heterocycles. The van der Waals surface area contributed by atoms with Crippen LogP contribution < -0.4 is 10.0 Å². The molecule has 2 aromatic rings. The first kappa shape index (κ1) is 18.6. The third kappa shape index (κ3) is 4.64. The largest absolute Gasteiger partial charge is 0.383 e. The molecule has 130 valence electrons. The Morgan fingerprint density at radius 2 is 1.92 bits per heavy atom. The molecular weight excluding hydrogens is 348 g/mol. The number of sulfonamides is 1. The zero-order chi connectivity index (χ0) is 17.7. The maximum Gasteiger partial charge on any atom is 0.265 e. The van der Waals surface area contributed by atoms with Gasteiger partial charge in [-0.05, 0) is 55.1 Å². The molecule has 0 spiro atoms. The van der Waals surface area contributed by atoms with Crippen LogP contribution in [0.2, 0.25) is 0 Å². The van der Waals surface area contributed by atoms with Crippen molar-refractivity contribution < 1.29 is 17.9 Å². The number of hydrogen-bond donors (Lipinski definition) is 2. The lowest BCUT2D eigenvalue weighted by Crippen LogP contribution is -2.35. The summed E-state index contributed by atoms with van der Waals surface area (Å²) >= 11 is 1.37. The van der Waals surface area contributed by atoms with Crippen molar-refractivity contribution in [2.75, 3.05) is 19.0 Å². The van der Waals surface area contributed by atoms with E-state index in [1.807, 2.05) is 18.4 Å². The van der Waals surface area contributed by atoms with Crippen LogP contribution >= 0.6 is 11.3 Å². The minimum absolute atomic E-state index is 0.135. The van der Waals surface area contributed by atoms with E-state index < -0.39 is 10.0 Å². The Kier molecular flexibility index (Phi) is 6.11. The Morgan fingerprint density at radius 1 is 1.25 bits per heavy atom. The monoisotopic (exact) mass is 368 g/mol. The molecule has 1 unspecified atom stereocenters. The van der Waals surface area contributed by atoms with Crippen molar-refractivity contribution in [3.05, 3.63) is 46.2 Å². The number of carbonyl (C=O) groups is 1. The maximum absolute atomic E-state index is 12.2. The predicted molar refractivity (Wildman–Crippen MR) is 95.1 cm³/mol. The summed E-state index contributed by atoms with van der Waals surface area (Å²) in [4.78, 5) is 12.9. The van der Waals surface area contributed by atoms with E-state index >= 15 is 0 Å². The molecule has 0 bridgehead atoms. The van der Waals surface area contributed by atoms with Gasteiger partial charge in [0.05, 0.1) is 16.4 Å². The number of hydrogen-bond acceptors (Lipinski definition) is 5. The summed E-state index contributed by atoms with van der Waals surface area (Å²) in [6.07, 6.45) is 0. The van der Waals surface area contributed by atoms with Crippen molar-refractivity contribution in [1.82, 2.24) is 4.72 Å². The Hall–Kier alpha value is -1.74. The fourth-order valence-corrected chi connectivity index (χ4v) is 4.18. The summed E-state index contributed by atoms with van der Waals surface area (Å²) in [6.45, 7) is 3.88. The van der Waals surface area contributed by atoms with Gasteiger partial charge in [-0.3, -0.25) is 4.79 Å². The minimum Gasteiger partial charge on any atom is -0.383 e. The number of carbonyl (C=O) groups excluding carboxylic acids is 1. The van der Waals surface area contributed by atoms with E-state index in [-0.39, 0.29) is 23.5 Å². The summed E-state index contributed by atoms with van der Waals surface area (Å²) in [6, 6.07) is 7.59. The quantitative estimate of drug-likeness (QED) is 0.787. The second-order valence-electron chi connectivity index (χ2n) is 5.39. The van der Waals surface area contributed by atoms with Gasteiger partial charge >= 0.3 is 0 Å². The highest BCUT2D eigenvalue weighted by Crippen LogP contribution is 2.19. The molecule has 0 saturated heterocycles. The Balaban J connectivity index is 2.07. The van der Waals surface area contributed by atoms with Crippen LogP contribution in [0.5, 0.6) is 0 Å². The molecule has 24 heavy (non-hydrogen) atoms. The molecule has 2 N–H and O–H groups in total. The Labute approximate surface area is 145 Å². The number of ether oxygens (including phenoxy) is 1. The zero-order valence-corrected chi connectivity index (χ0v) is 15.3. The summed E-state index contributed by atoms with van der Waals surface area (Å²) in [5, 5.41) is 4.62. The van der Waals surface area contributed by atoms with Gasteiger partial charge in [-0.15, -0.1) is 11.3 Å². The van der Waals surface area contributed by atoms with E-state index in [1.165, 1.54) is 30.6 Å². The SMILES string of the molecule is COCC(C)NS(=O)(=O)c1ccc(NC(=O)c2sccc2C)cc1. The van der Waals surface area contributed by atoms with Crippen molar-refractivity contribution >= 4 is 33.0 Å². The summed E-state index contributed by atoms with van der Waals surface area (Å²) < 4.78 is 31.9. The second-order valence-corrected chi connectivity index (χ2v) is 8.02. The summed E-state index contributed by atoms with van der Waals surface area (Å²) in [7, 11) is -2.11.